The average Bonchev–Trinajstić information content (AvgIpc) is 2.51. The lowest BCUT2D eigenvalue weighted by Crippen LogP contribution is -2.38. The van der Waals surface area contributed by atoms with Crippen molar-refractivity contribution in [3.63, 3.8) is 0 Å². The van der Waals surface area contributed by atoms with E-state index >= 15 is 0 Å². The molecule has 1 aromatic carbocycles. The monoisotopic (exact) mass is 352 g/mol. The van der Waals surface area contributed by atoms with Gasteiger partial charge in [-0.05, 0) is 43.9 Å². The van der Waals surface area contributed by atoms with Crippen molar-refractivity contribution < 1.29 is 9.53 Å². The zero-order valence-corrected chi connectivity index (χ0v) is 14.3. The normalized spacial score (nSPS) is 21.2. The molecule has 0 spiro atoms. The summed E-state index contributed by atoms with van der Waals surface area (Å²) in [7, 11) is 0. The maximum Gasteiger partial charge on any atom is 0.217 e. The Hall–Kier alpha value is -1.52. The van der Waals surface area contributed by atoms with Gasteiger partial charge in [0.2, 0.25) is 5.91 Å². The zero-order chi connectivity index (χ0) is 16.4. The van der Waals surface area contributed by atoms with E-state index in [0.29, 0.717) is 21.4 Å². The summed E-state index contributed by atoms with van der Waals surface area (Å²) in [5.74, 6) is 0.611. The van der Waals surface area contributed by atoms with Crippen LogP contribution in [0.15, 0.2) is 24.3 Å². The number of nitrogens with zero attached hydrogens (tertiary/aromatic N) is 1. The number of rotatable bonds is 3. The highest BCUT2D eigenvalue weighted by molar-refractivity contribution is 6.33. The first-order valence-corrected chi connectivity index (χ1v) is 8.47. The number of nitrogens with one attached hydrogen (secondary N) is 1. The molecule has 0 aliphatic heterocycles. The number of ether oxygens (including phenoxy) is 1. The Morgan fingerprint density at radius 1 is 1.17 bits per heavy atom. The predicted octanol–water partition coefficient (Wildman–Crippen LogP) is 4.37. The predicted molar refractivity (Wildman–Crippen MR) is 92.3 cm³/mol. The quantitative estimate of drug-likeness (QED) is 0.834. The summed E-state index contributed by atoms with van der Waals surface area (Å²) in [6, 6.07) is 7.61. The van der Waals surface area contributed by atoms with Gasteiger partial charge < -0.3 is 10.1 Å². The number of hydrogen-bond acceptors (Lipinski definition) is 3. The third-order valence-corrected chi connectivity index (χ3v) is 4.61. The van der Waals surface area contributed by atoms with E-state index in [0.717, 1.165) is 31.1 Å². The average molecular weight is 353 g/mol. The van der Waals surface area contributed by atoms with Gasteiger partial charge in [0.15, 0.2) is 5.75 Å². The molecule has 0 saturated heterocycles. The number of hydrogen-bond donors (Lipinski definition) is 1. The molecule has 0 radical (unpaired) electrons. The van der Waals surface area contributed by atoms with Crippen LogP contribution in [0.2, 0.25) is 10.2 Å². The molecule has 0 atom stereocenters. The second-order valence-corrected chi connectivity index (χ2v) is 6.67. The molecule has 3 rings (SSSR count). The Morgan fingerprint density at radius 2 is 1.87 bits per heavy atom. The van der Waals surface area contributed by atoms with E-state index in [4.69, 9.17) is 27.9 Å². The highest BCUT2D eigenvalue weighted by Crippen LogP contribution is 2.35. The summed E-state index contributed by atoms with van der Waals surface area (Å²) in [6.45, 7) is 1.55. The SMILES string of the molecule is CC(=O)N[C@H]1CC[C@@H](Oc2c(Cl)ccc3ccc(Cl)nc23)CC1. The molecule has 1 fully saturated rings. The molecule has 1 aliphatic rings. The van der Waals surface area contributed by atoms with Crippen LogP contribution in [0.25, 0.3) is 10.9 Å². The van der Waals surface area contributed by atoms with Gasteiger partial charge in [-0.15, -0.1) is 0 Å². The van der Waals surface area contributed by atoms with Crippen molar-refractivity contribution >= 4 is 40.0 Å². The van der Waals surface area contributed by atoms with Crippen LogP contribution in [0, 0.1) is 0 Å². The highest BCUT2D eigenvalue weighted by atomic mass is 35.5. The molecule has 0 bridgehead atoms. The summed E-state index contributed by atoms with van der Waals surface area (Å²) in [4.78, 5) is 15.5. The lowest BCUT2D eigenvalue weighted by atomic mass is 9.93. The van der Waals surface area contributed by atoms with Crippen molar-refractivity contribution in [3.05, 3.63) is 34.4 Å². The standard InChI is InChI=1S/C17H18Cl2N2O2/c1-10(22)20-12-4-6-13(7-5-12)23-17-14(18)8-2-11-3-9-15(19)21-16(11)17/h2-3,8-9,12-13H,4-7H2,1H3,(H,20,22)/t12-,13+. The largest absolute Gasteiger partial charge is 0.487 e. The number of amides is 1. The van der Waals surface area contributed by atoms with Gasteiger partial charge in [0.05, 0.1) is 11.1 Å². The number of fused-ring (bicyclic) bond motifs is 1. The number of benzene rings is 1. The summed E-state index contributed by atoms with van der Waals surface area (Å²) in [6.07, 6.45) is 3.63. The van der Waals surface area contributed by atoms with Crippen LogP contribution in [-0.4, -0.2) is 23.0 Å². The lowest BCUT2D eigenvalue weighted by molar-refractivity contribution is -0.120. The van der Waals surface area contributed by atoms with Crippen LogP contribution in [0.3, 0.4) is 0 Å². The van der Waals surface area contributed by atoms with E-state index in [1.165, 1.54) is 0 Å². The molecule has 1 aromatic heterocycles. The maximum absolute atomic E-state index is 11.1. The highest BCUT2D eigenvalue weighted by Gasteiger charge is 2.24. The minimum Gasteiger partial charge on any atom is -0.487 e. The molecular formula is C17H18Cl2N2O2. The van der Waals surface area contributed by atoms with E-state index in [-0.39, 0.29) is 18.1 Å². The molecule has 6 heteroatoms. The Kier molecular flexibility index (Phi) is 4.93. The first-order valence-electron chi connectivity index (χ1n) is 7.71. The molecule has 0 unspecified atom stereocenters. The van der Waals surface area contributed by atoms with Crippen molar-refractivity contribution in [1.82, 2.24) is 10.3 Å². The number of halogens is 2. The molecule has 1 heterocycles. The van der Waals surface area contributed by atoms with Crippen molar-refractivity contribution in [2.24, 2.45) is 0 Å². The Bertz CT molecular complexity index is 723. The van der Waals surface area contributed by atoms with E-state index in [2.05, 4.69) is 10.3 Å². The van der Waals surface area contributed by atoms with Crippen LogP contribution in [-0.2, 0) is 4.79 Å². The van der Waals surface area contributed by atoms with Crippen LogP contribution in [0.1, 0.15) is 32.6 Å². The smallest absolute Gasteiger partial charge is 0.217 e. The summed E-state index contributed by atoms with van der Waals surface area (Å²) >= 11 is 12.3. The molecule has 1 amide bonds. The first-order chi connectivity index (χ1) is 11.0. The van der Waals surface area contributed by atoms with Gasteiger partial charge in [-0.3, -0.25) is 4.79 Å². The van der Waals surface area contributed by atoms with E-state index in [9.17, 15) is 4.79 Å². The first kappa shape index (κ1) is 16.3. The second kappa shape index (κ2) is 6.93. The minimum absolute atomic E-state index is 0.0188. The maximum atomic E-state index is 11.1. The van der Waals surface area contributed by atoms with Crippen LogP contribution >= 0.6 is 23.2 Å². The van der Waals surface area contributed by atoms with Crippen molar-refractivity contribution in [3.8, 4) is 5.75 Å². The van der Waals surface area contributed by atoms with Gasteiger partial charge in [-0.25, -0.2) is 4.98 Å². The van der Waals surface area contributed by atoms with Crippen molar-refractivity contribution in [2.75, 3.05) is 0 Å². The topological polar surface area (TPSA) is 51.2 Å². The van der Waals surface area contributed by atoms with Gasteiger partial charge in [0, 0.05) is 18.4 Å². The third-order valence-electron chi connectivity index (χ3n) is 4.10. The lowest BCUT2D eigenvalue weighted by Gasteiger charge is -2.29. The summed E-state index contributed by atoms with van der Waals surface area (Å²) < 4.78 is 6.14. The molecule has 2 aromatic rings. The Balaban J connectivity index is 1.76. The van der Waals surface area contributed by atoms with Crippen molar-refractivity contribution in [1.29, 1.82) is 0 Å². The minimum atomic E-state index is 0.0188. The number of carbonyl (C=O) groups is 1. The van der Waals surface area contributed by atoms with Gasteiger partial charge in [0.1, 0.15) is 10.7 Å². The fourth-order valence-electron chi connectivity index (χ4n) is 3.01. The zero-order valence-electron chi connectivity index (χ0n) is 12.8. The molecule has 23 heavy (non-hydrogen) atoms. The third kappa shape index (κ3) is 3.88. The van der Waals surface area contributed by atoms with E-state index in [1.807, 2.05) is 18.2 Å². The molecule has 1 aliphatic carbocycles. The number of carbonyl (C=O) groups excluding carboxylic acids is 1. The molecular weight excluding hydrogens is 335 g/mol. The summed E-state index contributed by atoms with van der Waals surface area (Å²) in [5, 5.41) is 4.86. The number of aromatic nitrogens is 1. The fourth-order valence-corrected chi connectivity index (χ4v) is 3.35. The molecule has 4 nitrogen and oxygen atoms in total. The molecule has 1 N–H and O–H groups in total. The van der Waals surface area contributed by atoms with E-state index < -0.39 is 0 Å². The summed E-state index contributed by atoms with van der Waals surface area (Å²) in [5.41, 5.74) is 0.689. The van der Waals surface area contributed by atoms with Crippen LogP contribution in [0.4, 0.5) is 0 Å². The van der Waals surface area contributed by atoms with Crippen LogP contribution < -0.4 is 10.1 Å². The van der Waals surface area contributed by atoms with Crippen molar-refractivity contribution in [2.45, 2.75) is 44.8 Å². The molecule has 122 valence electrons. The van der Waals surface area contributed by atoms with E-state index in [1.54, 1.807) is 13.0 Å². The van der Waals surface area contributed by atoms with Gasteiger partial charge >= 0.3 is 0 Å². The van der Waals surface area contributed by atoms with Gasteiger partial charge in [-0.2, -0.15) is 0 Å². The molecule has 1 saturated carbocycles. The Labute approximate surface area is 145 Å². The van der Waals surface area contributed by atoms with Crippen LogP contribution in [0.5, 0.6) is 5.75 Å². The fraction of sp³-hybridized carbons (Fsp3) is 0.412. The van der Waals surface area contributed by atoms with Gasteiger partial charge in [0.25, 0.3) is 0 Å². The van der Waals surface area contributed by atoms with Gasteiger partial charge in [-0.1, -0.05) is 29.3 Å². The number of pyridine rings is 1. The second-order valence-electron chi connectivity index (χ2n) is 5.87. The Morgan fingerprint density at radius 3 is 2.57 bits per heavy atom.